The van der Waals surface area contributed by atoms with E-state index in [9.17, 15) is 0 Å². The van der Waals surface area contributed by atoms with E-state index in [1.807, 2.05) is 0 Å². The Hall–Kier alpha value is 1.53. The Labute approximate surface area is 117 Å². The van der Waals surface area contributed by atoms with Crippen LogP contribution in [0.3, 0.4) is 0 Å². The molecule has 10 nitrogen and oxygen atoms in total. The molecule has 0 saturated carbocycles. The number of rotatable bonds is 0. The van der Waals surface area contributed by atoms with Crippen LogP contribution >= 0.6 is 0 Å². The molecule has 0 rings (SSSR count). The van der Waals surface area contributed by atoms with Crippen molar-refractivity contribution in [3.8, 4) is 0 Å². The minimum Gasteiger partial charge on any atom is -1.00 e. The van der Waals surface area contributed by atoms with Crippen LogP contribution in [0.25, 0.3) is 0 Å². The van der Waals surface area contributed by atoms with E-state index in [0.29, 0.717) is 0 Å². The van der Waals surface area contributed by atoms with Crippen molar-refractivity contribution >= 4 is 0 Å². The normalized spacial score (nSPS) is 0. The van der Waals surface area contributed by atoms with Gasteiger partial charge in [-0.15, -0.1) is 0 Å². The van der Waals surface area contributed by atoms with Crippen molar-refractivity contribution in [2.75, 3.05) is 0 Å². The second-order valence-electron chi connectivity index (χ2n) is 0. The van der Waals surface area contributed by atoms with Gasteiger partial charge in [0.1, 0.15) is 0 Å². The molecule has 0 amide bonds. The number of hydrogen-bond donors (Lipinski definition) is 0. The van der Waals surface area contributed by atoms with Crippen LogP contribution < -0.4 is 63.8 Å². The van der Waals surface area contributed by atoms with Crippen molar-refractivity contribution in [3.63, 3.8) is 0 Å². The zero-order valence-corrected chi connectivity index (χ0v) is 10.3. The first-order chi connectivity index (χ1) is 0. The van der Waals surface area contributed by atoms with Crippen molar-refractivity contribution < 1.29 is 119 Å². The molecule has 0 saturated heterocycles. The summed E-state index contributed by atoms with van der Waals surface area (Å²) in [6.45, 7) is 0. The van der Waals surface area contributed by atoms with Gasteiger partial charge < -0.3 is 67.2 Å². The summed E-state index contributed by atoms with van der Waals surface area (Å²) < 4.78 is 0. The van der Waals surface area contributed by atoms with Crippen molar-refractivity contribution in [1.82, 2.24) is 0 Å². The number of halogens is 1. The van der Waals surface area contributed by atoms with E-state index in [0.717, 1.165) is 0 Å². The second kappa shape index (κ2) is 714. The standard InChI is InChI=1S/ClH.K.10H2O/h1H;;10*1H2/q;+1;;;;;;;;;;/p-1. The maximum Gasteiger partial charge on any atom is 1.00 e. The summed E-state index contributed by atoms with van der Waals surface area (Å²) in [5, 5.41) is 0. The van der Waals surface area contributed by atoms with Gasteiger partial charge in [0.25, 0.3) is 0 Å². The molecule has 12 heavy (non-hydrogen) atoms. The molecule has 88 valence electrons. The molecule has 0 heterocycles. The van der Waals surface area contributed by atoms with Gasteiger partial charge in [-0.25, -0.2) is 0 Å². The molecule has 0 spiro atoms. The molecule has 0 aliphatic heterocycles. The molecule has 0 aliphatic rings. The van der Waals surface area contributed by atoms with Crippen LogP contribution in [-0.2, 0) is 0 Å². The summed E-state index contributed by atoms with van der Waals surface area (Å²) in [5.41, 5.74) is 0. The molecule has 0 aromatic rings. The summed E-state index contributed by atoms with van der Waals surface area (Å²) in [5.74, 6) is 0. The average molecular weight is 255 g/mol. The second-order valence-corrected chi connectivity index (χ2v) is 0. The van der Waals surface area contributed by atoms with Gasteiger partial charge >= 0.3 is 51.4 Å². The third-order valence-electron chi connectivity index (χ3n) is 0. The predicted molar refractivity (Wildman–Crippen MR) is 36.1 cm³/mol. The molecule has 0 aliphatic carbocycles. The van der Waals surface area contributed by atoms with Gasteiger partial charge in [0.15, 0.2) is 0 Å². The smallest absolute Gasteiger partial charge is 1.00 e. The van der Waals surface area contributed by atoms with Crippen LogP contribution in [0.4, 0.5) is 0 Å². The van der Waals surface area contributed by atoms with Gasteiger partial charge in [-0.1, -0.05) is 0 Å². The summed E-state index contributed by atoms with van der Waals surface area (Å²) in [7, 11) is 0. The Kier molecular flexibility index (Phi) is 54200. The Balaban J connectivity index is 0. The maximum atomic E-state index is 0. The summed E-state index contributed by atoms with van der Waals surface area (Å²) in [4.78, 5) is 0. The van der Waals surface area contributed by atoms with Gasteiger partial charge in [-0.3, -0.25) is 0 Å². The quantitative estimate of drug-likeness (QED) is 0.363. The van der Waals surface area contributed by atoms with E-state index in [1.54, 1.807) is 0 Å². The van der Waals surface area contributed by atoms with Gasteiger partial charge in [-0.2, -0.15) is 0 Å². The first-order valence-electron chi connectivity index (χ1n) is 0. The fraction of sp³-hybridized carbons (Fsp3) is 0. The van der Waals surface area contributed by atoms with Crippen molar-refractivity contribution in [1.29, 1.82) is 0 Å². The maximum absolute atomic E-state index is 0. The summed E-state index contributed by atoms with van der Waals surface area (Å²) in [6, 6.07) is 0. The first kappa shape index (κ1) is 911. The van der Waals surface area contributed by atoms with E-state index in [-0.39, 0.29) is 119 Å². The largest absolute Gasteiger partial charge is 1.00 e. The average Bonchev–Trinajstić information content (AvgIpc) is 0. The molecular formula is H20ClKO10. The first-order valence-corrected chi connectivity index (χ1v) is 0. The van der Waals surface area contributed by atoms with Crippen molar-refractivity contribution in [2.45, 2.75) is 0 Å². The van der Waals surface area contributed by atoms with E-state index >= 15 is 0 Å². The Morgan fingerprint density at radius 2 is 0.250 bits per heavy atom. The van der Waals surface area contributed by atoms with Crippen LogP contribution in [0, 0.1) is 0 Å². The van der Waals surface area contributed by atoms with E-state index < -0.39 is 0 Å². The molecule has 20 N–H and O–H groups in total. The van der Waals surface area contributed by atoms with Gasteiger partial charge in [-0.05, 0) is 0 Å². The summed E-state index contributed by atoms with van der Waals surface area (Å²) >= 11 is 0. The molecule has 12 heteroatoms. The number of hydrogen-bond acceptors (Lipinski definition) is 0. The van der Waals surface area contributed by atoms with Crippen LogP contribution in [0.2, 0.25) is 0 Å². The Morgan fingerprint density at radius 3 is 0.250 bits per heavy atom. The molecule has 0 aromatic heterocycles. The van der Waals surface area contributed by atoms with Gasteiger partial charge in [0, 0.05) is 0 Å². The summed E-state index contributed by atoms with van der Waals surface area (Å²) in [6.07, 6.45) is 0. The topological polar surface area (TPSA) is 315 Å². The van der Waals surface area contributed by atoms with Crippen LogP contribution in [-0.4, -0.2) is 54.8 Å². The van der Waals surface area contributed by atoms with Crippen LogP contribution in [0.15, 0.2) is 0 Å². The van der Waals surface area contributed by atoms with Crippen molar-refractivity contribution in [3.05, 3.63) is 0 Å². The molecule has 0 aromatic carbocycles. The van der Waals surface area contributed by atoms with E-state index in [2.05, 4.69) is 0 Å². The molecule has 0 unspecified atom stereocenters. The SMILES string of the molecule is O.O.O.O.O.O.O.O.O.O.[Cl-].[K+]. The van der Waals surface area contributed by atoms with Gasteiger partial charge in [0.2, 0.25) is 0 Å². The Morgan fingerprint density at radius 1 is 0.250 bits per heavy atom. The Bertz CT molecular complexity index is 9.80. The zero-order valence-electron chi connectivity index (χ0n) is 6.38. The van der Waals surface area contributed by atoms with E-state index in [4.69, 9.17) is 0 Å². The molecular weight excluding hydrogens is 235 g/mol. The zero-order chi connectivity index (χ0) is 0. The van der Waals surface area contributed by atoms with Crippen molar-refractivity contribution in [2.24, 2.45) is 0 Å². The molecule has 0 bridgehead atoms. The van der Waals surface area contributed by atoms with E-state index in [1.165, 1.54) is 0 Å². The minimum absolute atomic E-state index is 0. The van der Waals surface area contributed by atoms with Gasteiger partial charge in [0.05, 0.1) is 0 Å². The third kappa shape index (κ3) is 548. The van der Waals surface area contributed by atoms with Crippen LogP contribution in [0.5, 0.6) is 0 Å². The molecule has 0 atom stereocenters. The molecule has 0 fully saturated rings. The third-order valence-corrected chi connectivity index (χ3v) is 0. The predicted octanol–water partition coefficient (Wildman–Crippen LogP) is -14.2. The monoisotopic (exact) mass is 254 g/mol. The molecule has 0 radical (unpaired) electrons. The fourth-order valence-electron chi connectivity index (χ4n) is 0. The fourth-order valence-corrected chi connectivity index (χ4v) is 0. The van der Waals surface area contributed by atoms with Crippen LogP contribution in [0.1, 0.15) is 0 Å². The minimum atomic E-state index is 0.